The molecule has 2 rings (SSSR count). The molecule has 0 heterocycles. The molecule has 2 aromatic carbocycles. The number of aromatic hydroxyl groups is 1. The van der Waals surface area contributed by atoms with Crippen molar-refractivity contribution in [2.75, 3.05) is 0 Å². The number of phenolic OH excluding ortho intramolecular Hbond substituents is 1. The molecule has 15 heavy (non-hydrogen) atoms. The minimum atomic E-state index is -0.668. The first kappa shape index (κ1) is 9.99. The molecule has 1 N–H and O–H groups in total. The summed E-state index contributed by atoms with van der Waals surface area (Å²) in [6, 6.07) is 12.2. The minimum Gasteiger partial charge on any atom is -0.505 e. The molecule has 75 valence electrons. The van der Waals surface area contributed by atoms with Crippen molar-refractivity contribution in [2.45, 2.75) is 0 Å². The third-order valence-corrected chi connectivity index (χ3v) is 2.39. The Hall–Kier alpha value is -1.54. The average molecular weight is 222 g/mol. The van der Waals surface area contributed by atoms with Crippen LogP contribution in [0.3, 0.4) is 0 Å². The van der Waals surface area contributed by atoms with Gasteiger partial charge in [0.05, 0.1) is 5.02 Å². The maximum atomic E-state index is 13.5. The lowest BCUT2D eigenvalue weighted by molar-refractivity contribution is 0.433. The predicted molar refractivity (Wildman–Crippen MR) is 57.3 cm³/mol. The summed E-state index contributed by atoms with van der Waals surface area (Å²) >= 11 is 5.88. The van der Waals surface area contributed by atoms with E-state index in [9.17, 15) is 9.50 Å². The van der Waals surface area contributed by atoms with Gasteiger partial charge in [0.25, 0.3) is 0 Å². The van der Waals surface area contributed by atoms with Gasteiger partial charge in [-0.25, -0.2) is 4.39 Å². The molecule has 0 aliphatic rings. The van der Waals surface area contributed by atoms with Gasteiger partial charge in [-0.1, -0.05) is 41.9 Å². The van der Waals surface area contributed by atoms with E-state index in [4.69, 9.17) is 11.6 Å². The molecule has 2 aromatic rings. The molecule has 0 aliphatic carbocycles. The van der Waals surface area contributed by atoms with Gasteiger partial charge in [0.15, 0.2) is 11.6 Å². The first-order chi connectivity index (χ1) is 7.20. The third-order valence-electron chi connectivity index (χ3n) is 2.07. The molecule has 0 bridgehead atoms. The third kappa shape index (κ3) is 1.81. The summed E-state index contributed by atoms with van der Waals surface area (Å²) in [6.45, 7) is 0. The SMILES string of the molecule is Oc1cccc(-c2ccc[c]c2Cl)c1F. The Bertz CT molecular complexity index is 497. The second-order valence-electron chi connectivity index (χ2n) is 3.04. The number of phenols is 1. The van der Waals surface area contributed by atoms with Crippen molar-refractivity contribution in [3.63, 3.8) is 0 Å². The van der Waals surface area contributed by atoms with E-state index in [0.717, 1.165) is 0 Å². The van der Waals surface area contributed by atoms with Crippen LogP contribution in [-0.2, 0) is 0 Å². The predicted octanol–water partition coefficient (Wildman–Crippen LogP) is 3.65. The van der Waals surface area contributed by atoms with Crippen molar-refractivity contribution in [3.8, 4) is 16.9 Å². The smallest absolute Gasteiger partial charge is 0.172 e. The fourth-order valence-corrected chi connectivity index (χ4v) is 1.58. The average Bonchev–Trinajstić information content (AvgIpc) is 2.23. The van der Waals surface area contributed by atoms with E-state index < -0.39 is 5.82 Å². The molecule has 0 unspecified atom stereocenters. The summed E-state index contributed by atoms with van der Waals surface area (Å²) in [5.74, 6) is -1.05. The Labute approximate surface area is 91.8 Å². The van der Waals surface area contributed by atoms with Crippen molar-refractivity contribution in [1.29, 1.82) is 0 Å². The van der Waals surface area contributed by atoms with E-state index >= 15 is 0 Å². The molecular weight excluding hydrogens is 215 g/mol. The summed E-state index contributed by atoms with van der Waals surface area (Å²) in [4.78, 5) is 0. The topological polar surface area (TPSA) is 20.2 Å². The van der Waals surface area contributed by atoms with Gasteiger partial charge in [0.2, 0.25) is 0 Å². The molecule has 0 spiro atoms. The summed E-state index contributed by atoms with van der Waals surface area (Å²) in [5, 5.41) is 9.56. The lowest BCUT2D eigenvalue weighted by atomic mass is 10.0. The van der Waals surface area contributed by atoms with Crippen LogP contribution < -0.4 is 0 Å². The van der Waals surface area contributed by atoms with E-state index in [0.29, 0.717) is 10.6 Å². The molecule has 0 atom stereocenters. The van der Waals surface area contributed by atoms with Crippen LogP contribution in [0.1, 0.15) is 0 Å². The fourth-order valence-electron chi connectivity index (χ4n) is 1.35. The van der Waals surface area contributed by atoms with E-state index in [2.05, 4.69) is 6.07 Å². The molecule has 0 aromatic heterocycles. The van der Waals surface area contributed by atoms with Gasteiger partial charge in [0.1, 0.15) is 0 Å². The van der Waals surface area contributed by atoms with Gasteiger partial charge in [-0.2, -0.15) is 0 Å². The number of halogens is 2. The van der Waals surface area contributed by atoms with Gasteiger partial charge < -0.3 is 5.11 Å². The molecule has 1 nitrogen and oxygen atoms in total. The van der Waals surface area contributed by atoms with E-state index in [-0.39, 0.29) is 11.3 Å². The standard InChI is InChI=1S/C12H7ClFO/c13-10-6-2-1-4-8(10)9-5-3-7-11(15)12(9)14/h1-5,7,15H. The summed E-state index contributed by atoms with van der Waals surface area (Å²) < 4.78 is 13.5. The first-order valence-electron chi connectivity index (χ1n) is 4.34. The van der Waals surface area contributed by atoms with Crippen molar-refractivity contribution >= 4 is 11.6 Å². The minimum absolute atomic E-state index is 0.275. The fraction of sp³-hybridized carbons (Fsp3) is 0. The molecule has 0 aliphatic heterocycles. The van der Waals surface area contributed by atoms with Crippen LogP contribution in [-0.4, -0.2) is 5.11 Å². The Kier molecular flexibility index (Phi) is 2.60. The zero-order valence-electron chi connectivity index (χ0n) is 7.67. The highest BCUT2D eigenvalue weighted by Gasteiger charge is 2.11. The van der Waals surface area contributed by atoms with E-state index in [1.165, 1.54) is 6.07 Å². The molecule has 0 fully saturated rings. The zero-order chi connectivity index (χ0) is 10.8. The highest BCUT2D eigenvalue weighted by Crippen LogP contribution is 2.32. The Morgan fingerprint density at radius 1 is 1.13 bits per heavy atom. The molecule has 1 radical (unpaired) electrons. The Balaban J connectivity index is 2.65. The summed E-state index contributed by atoms with van der Waals surface area (Å²) in [5.41, 5.74) is 0.796. The van der Waals surface area contributed by atoms with Crippen LogP contribution >= 0.6 is 11.6 Å². The number of hydrogen-bond acceptors (Lipinski definition) is 1. The molecule has 0 saturated carbocycles. The van der Waals surface area contributed by atoms with Gasteiger partial charge in [0, 0.05) is 17.2 Å². The second-order valence-corrected chi connectivity index (χ2v) is 3.41. The monoisotopic (exact) mass is 221 g/mol. The van der Waals surface area contributed by atoms with Gasteiger partial charge in [-0.15, -0.1) is 0 Å². The maximum Gasteiger partial charge on any atom is 0.172 e. The first-order valence-corrected chi connectivity index (χ1v) is 4.72. The van der Waals surface area contributed by atoms with Crippen LogP contribution in [0, 0.1) is 11.9 Å². The van der Waals surface area contributed by atoms with E-state index in [1.807, 2.05) is 0 Å². The van der Waals surface area contributed by atoms with Crippen LogP contribution in [0.25, 0.3) is 11.1 Å². The van der Waals surface area contributed by atoms with Crippen LogP contribution in [0.15, 0.2) is 36.4 Å². The quantitative estimate of drug-likeness (QED) is 0.779. The number of benzene rings is 2. The lowest BCUT2D eigenvalue weighted by Crippen LogP contribution is -1.85. The van der Waals surface area contributed by atoms with Crippen molar-refractivity contribution in [2.24, 2.45) is 0 Å². The van der Waals surface area contributed by atoms with Crippen molar-refractivity contribution < 1.29 is 9.50 Å². The van der Waals surface area contributed by atoms with Crippen LogP contribution in [0.5, 0.6) is 5.75 Å². The molecular formula is C12H7ClFO. The van der Waals surface area contributed by atoms with Crippen molar-refractivity contribution in [3.05, 3.63) is 53.3 Å². The van der Waals surface area contributed by atoms with Crippen LogP contribution in [0.4, 0.5) is 4.39 Å². The Morgan fingerprint density at radius 2 is 1.87 bits per heavy atom. The van der Waals surface area contributed by atoms with E-state index in [1.54, 1.807) is 30.3 Å². The second kappa shape index (κ2) is 3.91. The number of hydrogen-bond donors (Lipinski definition) is 1. The van der Waals surface area contributed by atoms with Crippen LogP contribution in [0.2, 0.25) is 5.02 Å². The maximum absolute atomic E-state index is 13.5. The highest BCUT2D eigenvalue weighted by atomic mass is 35.5. The van der Waals surface area contributed by atoms with Gasteiger partial charge >= 0.3 is 0 Å². The normalized spacial score (nSPS) is 10.3. The van der Waals surface area contributed by atoms with Gasteiger partial charge in [-0.05, 0) is 6.07 Å². The largest absolute Gasteiger partial charge is 0.505 e. The summed E-state index contributed by atoms with van der Waals surface area (Å²) in [6.07, 6.45) is 0. The molecule has 3 heteroatoms. The zero-order valence-corrected chi connectivity index (χ0v) is 8.42. The Morgan fingerprint density at radius 3 is 2.60 bits per heavy atom. The van der Waals surface area contributed by atoms with Crippen molar-refractivity contribution in [1.82, 2.24) is 0 Å². The highest BCUT2D eigenvalue weighted by molar-refractivity contribution is 6.33. The summed E-state index contributed by atoms with van der Waals surface area (Å²) in [7, 11) is 0. The number of rotatable bonds is 1. The lowest BCUT2D eigenvalue weighted by Gasteiger charge is -2.06. The van der Waals surface area contributed by atoms with Gasteiger partial charge in [-0.3, -0.25) is 0 Å². The molecule has 0 saturated heterocycles. The molecule has 0 amide bonds.